The number of nitrogens with zero attached hydrogens (tertiary/aromatic N) is 3. The number of ether oxygens (including phenoxy) is 1. The van der Waals surface area contributed by atoms with Gasteiger partial charge in [0.2, 0.25) is 0 Å². The molecule has 1 aliphatic rings. The third-order valence-corrected chi connectivity index (χ3v) is 7.02. The van der Waals surface area contributed by atoms with Crippen LogP contribution in [-0.2, 0) is 22.6 Å². The molecular formula is C22H28F3N3O5S. The quantitative estimate of drug-likeness (QED) is 0.565. The number of fused-ring (bicyclic) bond motifs is 1. The average molecular weight is 504 g/mol. The highest BCUT2D eigenvalue weighted by molar-refractivity contribution is 7.20. The Bertz CT molecular complexity index is 1200. The van der Waals surface area contributed by atoms with Crippen molar-refractivity contribution in [2.24, 2.45) is 5.92 Å². The number of carbonyl (C=O) groups excluding carboxylic acids is 2. The Morgan fingerprint density at radius 1 is 1.15 bits per heavy atom. The first-order chi connectivity index (χ1) is 15.8. The van der Waals surface area contributed by atoms with Crippen LogP contribution in [-0.4, -0.2) is 51.3 Å². The number of esters is 1. The largest absolute Gasteiger partial charge is 0.462 e. The predicted octanol–water partition coefficient (Wildman–Crippen LogP) is 3.31. The Morgan fingerprint density at radius 2 is 1.76 bits per heavy atom. The van der Waals surface area contributed by atoms with Crippen molar-refractivity contribution in [3.8, 4) is 0 Å². The molecule has 0 spiro atoms. The molecule has 0 atom stereocenters. The molecule has 2 aromatic rings. The monoisotopic (exact) mass is 503 g/mol. The smallest absolute Gasteiger partial charge is 0.390 e. The first-order valence-electron chi connectivity index (χ1n) is 11.1. The van der Waals surface area contributed by atoms with Crippen molar-refractivity contribution >= 4 is 33.4 Å². The minimum Gasteiger partial charge on any atom is -0.462 e. The van der Waals surface area contributed by atoms with Gasteiger partial charge in [-0.05, 0) is 18.4 Å². The maximum Gasteiger partial charge on any atom is 0.390 e. The number of amides is 1. The van der Waals surface area contributed by atoms with E-state index in [1.807, 2.05) is 0 Å². The number of likely N-dealkylation sites (tertiary alicyclic amines) is 1. The second kappa shape index (κ2) is 9.93. The summed E-state index contributed by atoms with van der Waals surface area (Å²) in [7, 11) is 0. The molecule has 0 aromatic carbocycles. The maximum atomic E-state index is 13.3. The summed E-state index contributed by atoms with van der Waals surface area (Å²) in [6, 6.07) is 0. The lowest BCUT2D eigenvalue weighted by atomic mass is 10.1. The van der Waals surface area contributed by atoms with Gasteiger partial charge in [0.15, 0.2) is 0 Å². The van der Waals surface area contributed by atoms with Gasteiger partial charge in [-0.3, -0.25) is 23.5 Å². The van der Waals surface area contributed by atoms with Gasteiger partial charge >= 0.3 is 17.8 Å². The van der Waals surface area contributed by atoms with E-state index in [1.54, 1.807) is 25.7 Å². The molecule has 0 unspecified atom stereocenters. The van der Waals surface area contributed by atoms with Crippen LogP contribution in [0.3, 0.4) is 0 Å². The summed E-state index contributed by atoms with van der Waals surface area (Å²) in [6.45, 7) is 6.59. The van der Waals surface area contributed by atoms with Crippen molar-refractivity contribution in [1.82, 2.24) is 14.0 Å². The van der Waals surface area contributed by atoms with E-state index < -0.39 is 30.4 Å². The van der Waals surface area contributed by atoms with Crippen LogP contribution in [0.15, 0.2) is 9.59 Å². The molecule has 0 aliphatic carbocycles. The second-order valence-corrected chi connectivity index (χ2v) is 9.95. The van der Waals surface area contributed by atoms with Crippen LogP contribution in [0.1, 0.15) is 55.3 Å². The van der Waals surface area contributed by atoms with Gasteiger partial charge in [0.25, 0.3) is 11.5 Å². The van der Waals surface area contributed by atoms with E-state index in [1.165, 1.54) is 6.92 Å². The summed E-state index contributed by atoms with van der Waals surface area (Å²) in [6.07, 6.45) is -5.06. The first-order valence-corrected chi connectivity index (χ1v) is 11.9. The fourth-order valence-electron chi connectivity index (χ4n) is 4.12. The van der Waals surface area contributed by atoms with Crippen molar-refractivity contribution < 1.29 is 27.5 Å². The van der Waals surface area contributed by atoms with E-state index in [0.717, 1.165) is 20.5 Å². The van der Waals surface area contributed by atoms with Gasteiger partial charge in [-0.2, -0.15) is 13.2 Å². The zero-order valence-electron chi connectivity index (χ0n) is 19.5. The Kier molecular flexibility index (Phi) is 7.59. The molecule has 1 aliphatic heterocycles. The highest BCUT2D eigenvalue weighted by Crippen LogP contribution is 2.31. The fraction of sp³-hybridized carbons (Fsp3) is 0.636. The SMILES string of the molecule is CC(=O)OC1CCN(C(=O)c2sc3c(c2C)c(=O)n(CC(C)C)c(=O)n3CCC(F)(F)F)CC1. The lowest BCUT2D eigenvalue weighted by Crippen LogP contribution is -2.41. The Morgan fingerprint density at radius 3 is 2.29 bits per heavy atom. The standard InChI is InChI=1S/C22H28F3N3O5S/c1-12(2)11-28-18(30)16-13(3)17(19(31)26-8-5-15(6-9-26)33-14(4)29)34-20(16)27(21(28)32)10-7-22(23,24)25/h12,15H,5-11H2,1-4H3. The number of thiophene rings is 1. The van der Waals surface area contributed by atoms with Crippen LogP contribution < -0.4 is 11.2 Å². The maximum absolute atomic E-state index is 13.3. The Hall–Kier alpha value is -2.63. The molecule has 0 radical (unpaired) electrons. The average Bonchev–Trinajstić information content (AvgIpc) is 3.06. The van der Waals surface area contributed by atoms with Crippen LogP contribution in [0.4, 0.5) is 13.2 Å². The lowest BCUT2D eigenvalue weighted by Gasteiger charge is -2.31. The number of carbonyl (C=O) groups is 2. The van der Waals surface area contributed by atoms with Crippen molar-refractivity contribution in [3.63, 3.8) is 0 Å². The van der Waals surface area contributed by atoms with E-state index >= 15 is 0 Å². The molecule has 3 heterocycles. The number of alkyl halides is 3. The van der Waals surface area contributed by atoms with Crippen molar-refractivity contribution in [1.29, 1.82) is 0 Å². The molecular weight excluding hydrogens is 475 g/mol. The number of piperidine rings is 1. The van der Waals surface area contributed by atoms with Crippen molar-refractivity contribution in [3.05, 3.63) is 31.3 Å². The molecule has 0 saturated carbocycles. The Balaban J connectivity index is 2.04. The summed E-state index contributed by atoms with van der Waals surface area (Å²) in [5.41, 5.74) is -1.05. The van der Waals surface area contributed by atoms with E-state index in [4.69, 9.17) is 4.74 Å². The molecule has 34 heavy (non-hydrogen) atoms. The fourth-order valence-corrected chi connectivity index (χ4v) is 5.40. The zero-order chi connectivity index (χ0) is 25.4. The zero-order valence-corrected chi connectivity index (χ0v) is 20.3. The highest BCUT2D eigenvalue weighted by Gasteiger charge is 2.31. The summed E-state index contributed by atoms with van der Waals surface area (Å²) < 4.78 is 46.0. The van der Waals surface area contributed by atoms with Gasteiger partial charge in [-0.1, -0.05) is 13.8 Å². The molecule has 188 valence electrons. The number of rotatable bonds is 6. The minimum absolute atomic E-state index is 0.0574. The molecule has 1 amide bonds. The van der Waals surface area contributed by atoms with E-state index in [-0.39, 0.29) is 45.5 Å². The van der Waals surface area contributed by atoms with Gasteiger partial charge < -0.3 is 9.64 Å². The van der Waals surface area contributed by atoms with Gasteiger partial charge in [0.05, 0.1) is 16.7 Å². The van der Waals surface area contributed by atoms with Crippen molar-refractivity contribution in [2.45, 2.75) is 72.3 Å². The highest BCUT2D eigenvalue weighted by atomic mass is 32.1. The van der Waals surface area contributed by atoms with Gasteiger partial charge in [-0.25, -0.2) is 4.79 Å². The van der Waals surface area contributed by atoms with Gasteiger partial charge in [0.1, 0.15) is 10.9 Å². The number of halogens is 3. The summed E-state index contributed by atoms with van der Waals surface area (Å²) in [5, 5.41) is 0.102. The van der Waals surface area contributed by atoms with Crippen LogP contribution in [0.2, 0.25) is 0 Å². The first kappa shape index (κ1) is 26.0. The van der Waals surface area contributed by atoms with E-state index in [9.17, 15) is 32.3 Å². The molecule has 1 saturated heterocycles. The summed E-state index contributed by atoms with van der Waals surface area (Å²) in [4.78, 5) is 52.5. The van der Waals surface area contributed by atoms with E-state index in [0.29, 0.717) is 31.5 Å². The van der Waals surface area contributed by atoms with Gasteiger partial charge in [0, 0.05) is 45.9 Å². The third kappa shape index (κ3) is 5.53. The Labute approximate surface area is 197 Å². The summed E-state index contributed by atoms with van der Waals surface area (Å²) in [5.74, 6) is -0.832. The molecule has 3 rings (SSSR count). The lowest BCUT2D eigenvalue weighted by molar-refractivity contribution is -0.148. The third-order valence-electron chi connectivity index (χ3n) is 5.72. The second-order valence-electron chi connectivity index (χ2n) is 8.95. The molecule has 1 fully saturated rings. The van der Waals surface area contributed by atoms with E-state index in [2.05, 4.69) is 0 Å². The number of hydrogen-bond donors (Lipinski definition) is 0. The topological polar surface area (TPSA) is 90.6 Å². The van der Waals surface area contributed by atoms with Gasteiger partial charge in [-0.15, -0.1) is 11.3 Å². The normalized spacial score (nSPS) is 15.4. The molecule has 8 nitrogen and oxygen atoms in total. The molecule has 12 heteroatoms. The van der Waals surface area contributed by atoms with Crippen LogP contribution >= 0.6 is 11.3 Å². The van der Waals surface area contributed by atoms with Crippen LogP contribution in [0.5, 0.6) is 0 Å². The molecule has 2 aromatic heterocycles. The molecule has 0 N–H and O–H groups in total. The number of aryl methyl sites for hydroxylation is 2. The molecule has 0 bridgehead atoms. The summed E-state index contributed by atoms with van der Waals surface area (Å²) >= 11 is 0.876. The number of aromatic nitrogens is 2. The van der Waals surface area contributed by atoms with Crippen LogP contribution in [0, 0.1) is 12.8 Å². The predicted molar refractivity (Wildman–Crippen MR) is 121 cm³/mol. The number of hydrogen-bond acceptors (Lipinski definition) is 6. The van der Waals surface area contributed by atoms with Crippen LogP contribution in [0.25, 0.3) is 10.2 Å². The minimum atomic E-state index is -4.48. The van der Waals surface area contributed by atoms with Crippen molar-refractivity contribution in [2.75, 3.05) is 13.1 Å².